The Bertz CT molecular complexity index is 841. The molecule has 0 aromatic carbocycles. The van der Waals surface area contributed by atoms with E-state index >= 15 is 0 Å². The normalized spacial score (nSPS) is 21.5. The van der Waals surface area contributed by atoms with E-state index in [0.717, 1.165) is 0 Å². The predicted molar refractivity (Wildman–Crippen MR) is 86.0 cm³/mol. The van der Waals surface area contributed by atoms with Crippen molar-refractivity contribution in [2.75, 3.05) is 6.54 Å². The second-order valence-corrected chi connectivity index (χ2v) is 7.18. The van der Waals surface area contributed by atoms with Crippen LogP contribution in [0.1, 0.15) is 39.1 Å². The van der Waals surface area contributed by atoms with Gasteiger partial charge in [0.1, 0.15) is 17.3 Å². The third kappa shape index (κ3) is 3.10. The molecular formula is C15H18ClFN4O3. The average molecular weight is 357 g/mol. The summed E-state index contributed by atoms with van der Waals surface area (Å²) in [6, 6.07) is 0.842. The van der Waals surface area contributed by atoms with E-state index in [-0.39, 0.29) is 29.3 Å². The first kappa shape index (κ1) is 16.8. The van der Waals surface area contributed by atoms with Gasteiger partial charge in [-0.3, -0.25) is 9.69 Å². The summed E-state index contributed by atoms with van der Waals surface area (Å²) >= 11 is 5.94. The summed E-state index contributed by atoms with van der Waals surface area (Å²) in [6.07, 6.45) is -0.267. The lowest BCUT2D eigenvalue weighted by molar-refractivity contribution is 0.0209. The maximum absolute atomic E-state index is 13.9. The van der Waals surface area contributed by atoms with Gasteiger partial charge < -0.3 is 9.72 Å². The Hall–Kier alpha value is -2.09. The number of carbonyl (C=O) groups excluding carboxylic acids is 1. The van der Waals surface area contributed by atoms with Crippen molar-refractivity contribution in [2.45, 2.75) is 45.0 Å². The first-order valence-electron chi connectivity index (χ1n) is 7.56. The third-order valence-electron chi connectivity index (χ3n) is 3.68. The Morgan fingerprint density at radius 3 is 2.88 bits per heavy atom. The summed E-state index contributed by atoms with van der Waals surface area (Å²) in [5.41, 5.74) is -0.935. The zero-order chi connectivity index (χ0) is 17.6. The number of halogens is 2. The number of H-pyrrole nitrogens is 1. The van der Waals surface area contributed by atoms with E-state index in [1.807, 2.05) is 0 Å². The summed E-state index contributed by atoms with van der Waals surface area (Å²) in [6.45, 7) is 5.10. The van der Waals surface area contributed by atoms with Gasteiger partial charge >= 0.3 is 6.09 Å². The lowest BCUT2D eigenvalue weighted by Crippen LogP contribution is -2.38. The molecular weight excluding hydrogens is 339 g/mol. The summed E-state index contributed by atoms with van der Waals surface area (Å²) in [5, 5.41) is 4.54. The highest BCUT2D eigenvalue weighted by Gasteiger charge is 2.40. The number of aromatic amines is 1. The molecule has 24 heavy (non-hydrogen) atoms. The van der Waals surface area contributed by atoms with Gasteiger partial charge in [0.25, 0.3) is 5.56 Å². The summed E-state index contributed by atoms with van der Waals surface area (Å²) in [5.74, 6) is 0.200. The molecule has 2 aromatic heterocycles. The van der Waals surface area contributed by atoms with Gasteiger partial charge in [-0.1, -0.05) is 11.6 Å². The maximum Gasteiger partial charge on any atom is 0.411 e. The predicted octanol–water partition coefficient (Wildman–Crippen LogP) is 2.70. The SMILES string of the molecule is CC(C)(C)OC(=O)N1CC(F)CC1c1nn2ccc(Cl)c2c(=O)[nH]1. The molecule has 0 spiro atoms. The average Bonchev–Trinajstić information content (AvgIpc) is 3.01. The molecule has 1 aliphatic heterocycles. The highest BCUT2D eigenvalue weighted by molar-refractivity contribution is 6.33. The lowest BCUT2D eigenvalue weighted by atomic mass is 10.2. The molecule has 3 heterocycles. The highest BCUT2D eigenvalue weighted by Crippen LogP contribution is 2.32. The van der Waals surface area contributed by atoms with Crippen molar-refractivity contribution in [3.63, 3.8) is 0 Å². The Morgan fingerprint density at radius 1 is 1.50 bits per heavy atom. The summed E-state index contributed by atoms with van der Waals surface area (Å²) in [7, 11) is 0. The number of ether oxygens (including phenoxy) is 1. The van der Waals surface area contributed by atoms with Gasteiger partial charge in [-0.2, -0.15) is 5.10 Å². The number of rotatable bonds is 1. The minimum absolute atomic E-state index is 0.0443. The van der Waals surface area contributed by atoms with Crippen LogP contribution in [0.25, 0.3) is 5.52 Å². The molecule has 0 aliphatic carbocycles. The Kier molecular flexibility index (Phi) is 4.03. The lowest BCUT2D eigenvalue weighted by Gasteiger charge is -2.27. The van der Waals surface area contributed by atoms with Crippen molar-refractivity contribution in [3.8, 4) is 0 Å². The molecule has 0 bridgehead atoms. The topological polar surface area (TPSA) is 79.7 Å². The Labute approximate surface area is 142 Å². The number of aromatic nitrogens is 3. The molecule has 1 amide bonds. The molecule has 9 heteroatoms. The molecule has 1 saturated heterocycles. The number of hydrogen-bond acceptors (Lipinski definition) is 4. The number of alkyl halides is 1. The quantitative estimate of drug-likeness (QED) is 0.852. The monoisotopic (exact) mass is 356 g/mol. The molecule has 0 radical (unpaired) electrons. The smallest absolute Gasteiger partial charge is 0.411 e. The van der Waals surface area contributed by atoms with E-state index in [1.165, 1.54) is 15.6 Å². The van der Waals surface area contributed by atoms with E-state index in [1.54, 1.807) is 26.8 Å². The minimum atomic E-state index is -1.21. The van der Waals surface area contributed by atoms with Gasteiger partial charge in [-0.15, -0.1) is 0 Å². The van der Waals surface area contributed by atoms with Crippen molar-refractivity contribution >= 4 is 23.2 Å². The fourth-order valence-electron chi connectivity index (χ4n) is 2.73. The molecule has 3 rings (SSSR count). The van der Waals surface area contributed by atoms with Crippen LogP contribution < -0.4 is 5.56 Å². The largest absolute Gasteiger partial charge is 0.444 e. The second kappa shape index (κ2) is 5.77. The van der Waals surface area contributed by atoms with Crippen LogP contribution in [-0.2, 0) is 4.74 Å². The van der Waals surface area contributed by atoms with Gasteiger partial charge in [-0.05, 0) is 26.8 Å². The third-order valence-corrected chi connectivity index (χ3v) is 3.99. The second-order valence-electron chi connectivity index (χ2n) is 6.78. The van der Waals surface area contributed by atoms with E-state index in [4.69, 9.17) is 16.3 Å². The first-order chi connectivity index (χ1) is 11.2. The van der Waals surface area contributed by atoms with Crippen LogP contribution in [0.15, 0.2) is 17.1 Å². The molecule has 1 fully saturated rings. The number of nitrogens with zero attached hydrogens (tertiary/aromatic N) is 3. The number of hydrogen-bond donors (Lipinski definition) is 1. The van der Waals surface area contributed by atoms with E-state index in [2.05, 4.69) is 10.1 Å². The van der Waals surface area contributed by atoms with Crippen molar-refractivity contribution in [1.82, 2.24) is 19.5 Å². The van der Waals surface area contributed by atoms with Crippen LogP contribution in [-0.4, -0.2) is 43.9 Å². The van der Waals surface area contributed by atoms with Crippen molar-refractivity contribution in [2.24, 2.45) is 0 Å². The highest BCUT2D eigenvalue weighted by atomic mass is 35.5. The minimum Gasteiger partial charge on any atom is -0.444 e. The zero-order valence-electron chi connectivity index (χ0n) is 13.5. The van der Waals surface area contributed by atoms with Crippen LogP contribution >= 0.6 is 11.6 Å². The van der Waals surface area contributed by atoms with E-state index in [0.29, 0.717) is 0 Å². The molecule has 7 nitrogen and oxygen atoms in total. The van der Waals surface area contributed by atoms with Crippen LogP contribution in [0, 0.1) is 0 Å². The van der Waals surface area contributed by atoms with Crippen molar-refractivity contribution in [1.29, 1.82) is 0 Å². The van der Waals surface area contributed by atoms with Crippen LogP contribution in [0.3, 0.4) is 0 Å². The number of nitrogens with one attached hydrogen (secondary N) is 1. The Balaban J connectivity index is 1.97. The van der Waals surface area contributed by atoms with Crippen molar-refractivity contribution < 1.29 is 13.9 Å². The number of likely N-dealkylation sites (tertiary alicyclic amines) is 1. The molecule has 1 N–H and O–H groups in total. The molecule has 130 valence electrons. The molecule has 0 saturated carbocycles. The van der Waals surface area contributed by atoms with Crippen LogP contribution in [0.2, 0.25) is 5.02 Å². The zero-order valence-corrected chi connectivity index (χ0v) is 14.3. The van der Waals surface area contributed by atoms with Gasteiger partial charge in [-0.25, -0.2) is 13.7 Å². The first-order valence-corrected chi connectivity index (χ1v) is 7.94. The molecule has 2 atom stereocenters. The van der Waals surface area contributed by atoms with Gasteiger partial charge in [0.05, 0.1) is 17.6 Å². The molecule has 2 unspecified atom stereocenters. The fraction of sp³-hybridized carbons (Fsp3) is 0.533. The standard InChI is InChI=1S/C15H18ClFN4O3/c1-15(2,3)24-14(23)20-7-8(17)6-10(20)12-18-13(22)11-9(16)4-5-21(11)19-12/h4-5,8,10H,6-7H2,1-3H3,(H,18,19,22). The molecule has 1 aliphatic rings. The molecule has 2 aromatic rings. The van der Waals surface area contributed by atoms with Crippen LogP contribution in [0.4, 0.5) is 9.18 Å². The van der Waals surface area contributed by atoms with Gasteiger partial charge in [0.2, 0.25) is 0 Å². The van der Waals surface area contributed by atoms with Crippen LogP contribution in [0.5, 0.6) is 0 Å². The van der Waals surface area contributed by atoms with Gasteiger partial charge in [0, 0.05) is 12.6 Å². The van der Waals surface area contributed by atoms with E-state index < -0.39 is 29.5 Å². The Morgan fingerprint density at radius 2 is 2.21 bits per heavy atom. The number of amides is 1. The number of carbonyl (C=O) groups is 1. The van der Waals surface area contributed by atoms with Crippen molar-refractivity contribution in [3.05, 3.63) is 33.5 Å². The fourth-order valence-corrected chi connectivity index (χ4v) is 2.96. The summed E-state index contributed by atoms with van der Waals surface area (Å²) < 4.78 is 20.6. The van der Waals surface area contributed by atoms with E-state index in [9.17, 15) is 14.0 Å². The maximum atomic E-state index is 13.9. The number of fused-ring (bicyclic) bond motifs is 1. The van der Waals surface area contributed by atoms with Gasteiger partial charge in [0.15, 0.2) is 5.82 Å². The summed E-state index contributed by atoms with van der Waals surface area (Å²) in [4.78, 5) is 28.4.